The van der Waals surface area contributed by atoms with E-state index in [0.29, 0.717) is 21.1 Å². The Labute approximate surface area is 202 Å². The Morgan fingerprint density at radius 1 is 1.19 bits per heavy atom. The molecule has 3 aromatic rings. The van der Waals surface area contributed by atoms with Gasteiger partial charge in [0, 0.05) is 27.1 Å². The first-order valence-electron chi connectivity index (χ1n) is 9.70. The summed E-state index contributed by atoms with van der Waals surface area (Å²) in [5.74, 6) is -1.08. The van der Waals surface area contributed by atoms with Crippen molar-refractivity contribution >= 4 is 50.0 Å². The van der Waals surface area contributed by atoms with Gasteiger partial charge >= 0.3 is 5.97 Å². The molecule has 3 rings (SSSR count). The molecule has 1 amide bonds. The lowest BCUT2D eigenvalue weighted by atomic mass is 10.2. The number of carbonyl (C=O) groups excluding carboxylic acids is 2. The Hall–Kier alpha value is -2.91. The van der Waals surface area contributed by atoms with Crippen molar-refractivity contribution in [2.24, 2.45) is 5.10 Å². The van der Waals surface area contributed by atoms with Crippen LogP contribution in [0.5, 0.6) is 5.75 Å². The Morgan fingerprint density at radius 2 is 1.94 bits per heavy atom. The van der Waals surface area contributed by atoms with E-state index in [-0.39, 0.29) is 17.3 Å². The SMILES string of the molecule is CCOC(=O)c1cccc(-n2c(C)cc(/C=N\NC(=O)c3cc(Br)cc(Br)c3O)c2C)c1. The number of aromatic hydroxyl groups is 1. The second-order valence-electron chi connectivity index (χ2n) is 6.92. The average Bonchev–Trinajstić information content (AvgIpc) is 3.03. The number of hydrazone groups is 1. The van der Waals surface area contributed by atoms with Gasteiger partial charge in [-0.25, -0.2) is 10.2 Å². The molecule has 2 aromatic carbocycles. The third-order valence-electron chi connectivity index (χ3n) is 4.73. The fraction of sp³-hybridized carbons (Fsp3) is 0.174. The Balaban J connectivity index is 1.83. The van der Waals surface area contributed by atoms with Gasteiger partial charge in [-0.3, -0.25) is 4.79 Å². The van der Waals surface area contributed by atoms with E-state index in [1.165, 1.54) is 12.3 Å². The molecule has 0 saturated carbocycles. The molecule has 32 heavy (non-hydrogen) atoms. The highest BCUT2D eigenvalue weighted by Crippen LogP contribution is 2.31. The summed E-state index contributed by atoms with van der Waals surface area (Å²) in [6, 6.07) is 12.3. The molecule has 0 aliphatic rings. The molecule has 166 valence electrons. The van der Waals surface area contributed by atoms with Gasteiger partial charge < -0.3 is 14.4 Å². The number of aromatic nitrogens is 1. The molecule has 0 atom stereocenters. The molecule has 0 spiro atoms. The number of nitrogens with zero attached hydrogens (tertiary/aromatic N) is 2. The van der Waals surface area contributed by atoms with Crippen LogP contribution in [0.2, 0.25) is 0 Å². The van der Waals surface area contributed by atoms with E-state index in [0.717, 1.165) is 22.6 Å². The summed E-state index contributed by atoms with van der Waals surface area (Å²) in [5.41, 5.74) is 6.43. The molecule has 0 saturated heterocycles. The maximum Gasteiger partial charge on any atom is 0.338 e. The normalized spacial score (nSPS) is 11.0. The van der Waals surface area contributed by atoms with Gasteiger partial charge in [-0.05, 0) is 73.1 Å². The number of amides is 1. The van der Waals surface area contributed by atoms with E-state index in [2.05, 4.69) is 42.4 Å². The van der Waals surface area contributed by atoms with Crippen molar-refractivity contribution in [3.8, 4) is 11.4 Å². The summed E-state index contributed by atoms with van der Waals surface area (Å²) >= 11 is 6.50. The third kappa shape index (κ3) is 5.11. The van der Waals surface area contributed by atoms with Crippen molar-refractivity contribution < 1.29 is 19.4 Å². The molecule has 0 radical (unpaired) electrons. The Bertz CT molecular complexity index is 1220. The minimum absolute atomic E-state index is 0.0876. The Morgan fingerprint density at radius 3 is 2.66 bits per heavy atom. The van der Waals surface area contributed by atoms with Crippen LogP contribution in [0.15, 0.2) is 56.5 Å². The molecule has 0 fully saturated rings. The summed E-state index contributed by atoms with van der Waals surface area (Å²) in [5, 5.41) is 14.1. The van der Waals surface area contributed by atoms with Crippen LogP contribution in [0.1, 0.15) is 44.6 Å². The van der Waals surface area contributed by atoms with Crippen LogP contribution in [0.4, 0.5) is 0 Å². The van der Waals surface area contributed by atoms with Crippen molar-refractivity contribution in [3.63, 3.8) is 0 Å². The number of carbonyl (C=O) groups is 2. The number of hydrogen-bond acceptors (Lipinski definition) is 5. The van der Waals surface area contributed by atoms with E-state index >= 15 is 0 Å². The number of nitrogens with one attached hydrogen (secondary N) is 1. The lowest BCUT2D eigenvalue weighted by molar-refractivity contribution is 0.0526. The van der Waals surface area contributed by atoms with Crippen LogP contribution in [0.3, 0.4) is 0 Å². The standard InChI is InChI=1S/C23H21Br2N3O4/c1-4-32-23(31)15-6-5-7-18(9-15)28-13(2)8-16(14(28)3)12-26-27-22(30)19-10-17(24)11-20(25)21(19)29/h5-12,29H,4H2,1-3H3,(H,27,30)/b26-12-. The van der Waals surface area contributed by atoms with Crippen molar-refractivity contribution in [3.05, 3.63) is 79.5 Å². The van der Waals surface area contributed by atoms with Crippen molar-refractivity contribution in [2.75, 3.05) is 6.61 Å². The first-order chi connectivity index (χ1) is 15.2. The molecule has 0 unspecified atom stereocenters. The number of hydrogen-bond donors (Lipinski definition) is 2. The number of esters is 1. The van der Waals surface area contributed by atoms with Gasteiger partial charge in [-0.2, -0.15) is 5.10 Å². The highest BCUT2D eigenvalue weighted by molar-refractivity contribution is 9.11. The van der Waals surface area contributed by atoms with Crippen molar-refractivity contribution in [2.45, 2.75) is 20.8 Å². The smallest absolute Gasteiger partial charge is 0.338 e. The van der Waals surface area contributed by atoms with E-state index < -0.39 is 5.91 Å². The van der Waals surface area contributed by atoms with Gasteiger partial charge in [0.05, 0.1) is 28.4 Å². The fourth-order valence-corrected chi connectivity index (χ4v) is 4.49. The van der Waals surface area contributed by atoms with Gasteiger partial charge in [0.15, 0.2) is 0 Å². The van der Waals surface area contributed by atoms with Gasteiger partial charge in [-0.1, -0.05) is 22.0 Å². The summed E-state index contributed by atoms with van der Waals surface area (Å²) < 4.78 is 8.12. The summed E-state index contributed by atoms with van der Waals surface area (Å²) in [6.07, 6.45) is 1.54. The van der Waals surface area contributed by atoms with Crippen LogP contribution in [0, 0.1) is 13.8 Å². The fourth-order valence-electron chi connectivity index (χ4n) is 3.26. The zero-order chi connectivity index (χ0) is 23.4. The highest BCUT2D eigenvalue weighted by Gasteiger charge is 2.15. The van der Waals surface area contributed by atoms with E-state index in [9.17, 15) is 14.7 Å². The Kier molecular flexibility index (Phi) is 7.52. The zero-order valence-electron chi connectivity index (χ0n) is 17.6. The first-order valence-corrected chi connectivity index (χ1v) is 11.3. The maximum absolute atomic E-state index is 12.4. The van der Waals surface area contributed by atoms with Crippen LogP contribution in [-0.4, -0.2) is 34.4 Å². The van der Waals surface area contributed by atoms with E-state index in [1.54, 1.807) is 31.2 Å². The lowest BCUT2D eigenvalue weighted by Gasteiger charge is -2.11. The second-order valence-corrected chi connectivity index (χ2v) is 8.69. The first kappa shape index (κ1) is 23.7. The predicted molar refractivity (Wildman–Crippen MR) is 130 cm³/mol. The highest BCUT2D eigenvalue weighted by atomic mass is 79.9. The zero-order valence-corrected chi connectivity index (χ0v) is 20.8. The maximum atomic E-state index is 12.4. The molecular weight excluding hydrogens is 542 g/mol. The molecule has 0 aliphatic carbocycles. The quantitative estimate of drug-likeness (QED) is 0.243. The van der Waals surface area contributed by atoms with Crippen molar-refractivity contribution in [1.29, 1.82) is 0 Å². The summed E-state index contributed by atoms with van der Waals surface area (Å²) in [7, 11) is 0. The largest absolute Gasteiger partial charge is 0.506 e. The van der Waals surface area contributed by atoms with E-state index in [4.69, 9.17) is 4.74 Å². The minimum Gasteiger partial charge on any atom is -0.506 e. The third-order valence-corrected chi connectivity index (χ3v) is 5.79. The summed E-state index contributed by atoms with van der Waals surface area (Å²) in [4.78, 5) is 24.5. The number of benzene rings is 2. The van der Waals surface area contributed by atoms with Crippen LogP contribution < -0.4 is 5.43 Å². The van der Waals surface area contributed by atoms with Crippen LogP contribution in [0.25, 0.3) is 5.69 Å². The molecule has 9 heteroatoms. The molecule has 0 aliphatic heterocycles. The average molecular weight is 563 g/mol. The molecular formula is C23H21Br2N3O4. The van der Waals surface area contributed by atoms with E-state index in [1.807, 2.05) is 30.5 Å². The van der Waals surface area contributed by atoms with Gasteiger partial charge in [0.1, 0.15) is 5.75 Å². The molecule has 7 nitrogen and oxygen atoms in total. The number of ether oxygens (including phenoxy) is 1. The minimum atomic E-state index is -0.545. The monoisotopic (exact) mass is 561 g/mol. The number of phenols is 1. The van der Waals surface area contributed by atoms with Gasteiger partial charge in [0.25, 0.3) is 5.91 Å². The van der Waals surface area contributed by atoms with Crippen molar-refractivity contribution in [1.82, 2.24) is 9.99 Å². The molecule has 0 bridgehead atoms. The van der Waals surface area contributed by atoms with Gasteiger partial charge in [-0.15, -0.1) is 0 Å². The number of aryl methyl sites for hydroxylation is 1. The predicted octanol–water partition coefficient (Wildman–Crippen LogP) is 5.27. The summed E-state index contributed by atoms with van der Waals surface area (Å²) in [6.45, 7) is 5.94. The second kappa shape index (κ2) is 10.1. The molecule has 1 aromatic heterocycles. The molecule has 1 heterocycles. The van der Waals surface area contributed by atoms with Crippen LogP contribution >= 0.6 is 31.9 Å². The number of phenolic OH excluding ortho intramolecular Hbond substituents is 1. The number of halogens is 2. The lowest BCUT2D eigenvalue weighted by Crippen LogP contribution is -2.18. The van der Waals surface area contributed by atoms with Crippen LogP contribution in [-0.2, 0) is 4.74 Å². The topological polar surface area (TPSA) is 92.9 Å². The molecule has 2 N–H and O–H groups in total. The number of rotatable bonds is 6. The van der Waals surface area contributed by atoms with Gasteiger partial charge in [0.2, 0.25) is 0 Å².